The van der Waals surface area contributed by atoms with Crippen LogP contribution in [0.15, 0.2) is 29.4 Å². The van der Waals surface area contributed by atoms with Gasteiger partial charge >= 0.3 is 0 Å². The third kappa shape index (κ3) is 1.52. The summed E-state index contributed by atoms with van der Waals surface area (Å²) >= 11 is 0. The summed E-state index contributed by atoms with van der Waals surface area (Å²) in [6, 6.07) is 8.60. The number of fused-ring (bicyclic) bond motifs is 1. The van der Waals surface area contributed by atoms with E-state index in [1.807, 2.05) is 6.92 Å². The first-order chi connectivity index (χ1) is 6.83. The van der Waals surface area contributed by atoms with Crippen LogP contribution in [-0.4, -0.2) is 12.8 Å². The van der Waals surface area contributed by atoms with Crippen LogP contribution in [0.4, 0.5) is 0 Å². The van der Waals surface area contributed by atoms with E-state index in [0.717, 1.165) is 18.6 Å². The Morgan fingerprint density at radius 1 is 1.43 bits per heavy atom. The fourth-order valence-electron chi connectivity index (χ4n) is 2.20. The lowest BCUT2D eigenvalue weighted by molar-refractivity contribution is 0.212. The van der Waals surface area contributed by atoms with Crippen molar-refractivity contribution in [2.75, 3.05) is 7.11 Å². The van der Waals surface area contributed by atoms with E-state index in [4.69, 9.17) is 4.84 Å². The summed E-state index contributed by atoms with van der Waals surface area (Å²) in [7, 11) is 1.60. The maximum absolute atomic E-state index is 4.82. The van der Waals surface area contributed by atoms with Crippen LogP contribution < -0.4 is 0 Å². The lowest BCUT2D eigenvalue weighted by Gasteiger charge is -2.09. The second-order valence-electron chi connectivity index (χ2n) is 3.71. The molecular formula is C12H15NO. The molecule has 0 N–H and O–H groups in total. The number of hydrogen-bond donors (Lipinski definition) is 0. The lowest BCUT2D eigenvalue weighted by atomic mass is 9.97. The quantitative estimate of drug-likeness (QED) is 0.518. The first kappa shape index (κ1) is 9.25. The maximum atomic E-state index is 4.82. The zero-order valence-corrected chi connectivity index (χ0v) is 8.66. The van der Waals surface area contributed by atoms with Crippen molar-refractivity contribution in [3.8, 4) is 0 Å². The number of oxime groups is 1. The molecule has 0 saturated heterocycles. The predicted molar refractivity (Wildman–Crippen MR) is 57.6 cm³/mol. The zero-order chi connectivity index (χ0) is 9.97. The van der Waals surface area contributed by atoms with Crippen LogP contribution in [0.3, 0.4) is 0 Å². The Balaban J connectivity index is 2.30. The Morgan fingerprint density at radius 2 is 2.21 bits per heavy atom. The van der Waals surface area contributed by atoms with Crippen molar-refractivity contribution in [1.29, 1.82) is 0 Å². The van der Waals surface area contributed by atoms with Gasteiger partial charge in [-0.2, -0.15) is 0 Å². The number of rotatable bonds is 2. The van der Waals surface area contributed by atoms with Gasteiger partial charge in [-0.1, -0.05) is 29.4 Å². The van der Waals surface area contributed by atoms with Crippen LogP contribution in [0.1, 0.15) is 30.4 Å². The molecule has 0 saturated carbocycles. The van der Waals surface area contributed by atoms with E-state index in [9.17, 15) is 0 Å². The molecular weight excluding hydrogens is 174 g/mol. The van der Waals surface area contributed by atoms with Crippen LogP contribution in [0, 0.1) is 0 Å². The van der Waals surface area contributed by atoms with Gasteiger partial charge in [0.1, 0.15) is 7.11 Å². The maximum Gasteiger partial charge on any atom is 0.106 e. The van der Waals surface area contributed by atoms with Crippen molar-refractivity contribution >= 4 is 5.71 Å². The van der Waals surface area contributed by atoms with Gasteiger partial charge in [-0.15, -0.1) is 0 Å². The summed E-state index contributed by atoms with van der Waals surface area (Å²) in [6.07, 6.45) is 2.33. The van der Waals surface area contributed by atoms with Crippen molar-refractivity contribution in [1.82, 2.24) is 0 Å². The van der Waals surface area contributed by atoms with Crippen molar-refractivity contribution in [3.63, 3.8) is 0 Å². The first-order valence-corrected chi connectivity index (χ1v) is 4.98. The molecule has 2 rings (SSSR count). The molecule has 2 heteroatoms. The molecule has 1 unspecified atom stereocenters. The molecule has 0 spiro atoms. The highest BCUT2D eigenvalue weighted by molar-refractivity contribution is 5.89. The Hall–Kier alpha value is -1.31. The molecule has 14 heavy (non-hydrogen) atoms. The molecule has 74 valence electrons. The van der Waals surface area contributed by atoms with Crippen molar-refractivity contribution < 1.29 is 4.84 Å². The van der Waals surface area contributed by atoms with Gasteiger partial charge in [-0.05, 0) is 30.9 Å². The average Bonchev–Trinajstić information content (AvgIpc) is 2.61. The van der Waals surface area contributed by atoms with E-state index in [1.165, 1.54) is 11.1 Å². The van der Waals surface area contributed by atoms with Crippen molar-refractivity contribution in [2.24, 2.45) is 5.16 Å². The van der Waals surface area contributed by atoms with E-state index < -0.39 is 0 Å². The summed E-state index contributed by atoms with van der Waals surface area (Å²) in [5.74, 6) is 0.464. The van der Waals surface area contributed by atoms with Gasteiger partial charge < -0.3 is 4.84 Å². The average molecular weight is 189 g/mol. The van der Waals surface area contributed by atoms with Crippen molar-refractivity contribution in [3.05, 3.63) is 35.4 Å². The molecule has 1 atom stereocenters. The van der Waals surface area contributed by atoms with Crippen LogP contribution in [0.25, 0.3) is 0 Å². The minimum atomic E-state index is 0.464. The highest BCUT2D eigenvalue weighted by Gasteiger charge is 2.24. The third-order valence-corrected chi connectivity index (χ3v) is 2.87. The number of benzene rings is 1. The summed E-state index contributed by atoms with van der Waals surface area (Å²) < 4.78 is 0. The van der Waals surface area contributed by atoms with Crippen LogP contribution in [0.2, 0.25) is 0 Å². The second-order valence-corrected chi connectivity index (χ2v) is 3.71. The van der Waals surface area contributed by atoms with Crippen LogP contribution in [-0.2, 0) is 11.3 Å². The van der Waals surface area contributed by atoms with Gasteiger partial charge in [0.25, 0.3) is 0 Å². The molecule has 0 fully saturated rings. The Bertz CT molecular complexity index is 357. The van der Waals surface area contributed by atoms with E-state index in [0.29, 0.717) is 5.92 Å². The molecule has 0 heterocycles. The molecule has 0 aromatic heterocycles. The smallest absolute Gasteiger partial charge is 0.106 e. The molecule has 0 amide bonds. The molecule has 0 bridgehead atoms. The topological polar surface area (TPSA) is 21.6 Å². The molecule has 1 aromatic rings. The first-order valence-electron chi connectivity index (χ1n) is 4.98. The van der Waals surface area contributed by atoms with E-state index in [2.05, 4.69) is 29.4 Å². The number of aryl methyl sites for hydroxylation is 1. The van der Waals surface area contributed by atoms with Gasteiger partial charge in [-0.3, -0.25) is 0 Å². The van der Waals surface area contributed by atoms with Gasteiger partial charge in [0.05, 0.1) is 5.71 Å². The lowest BCUT2D eigenvalue weighted by Crippen LogP contribution is -2.05. The van der Waals surface area contributed by atoms with Gasteiger partial charge in [-0.25, -0.2) is 0 Å². The summed E-state index contributed by atoms with van der Waals surface area (Å²) in [4.78, 5) is 4.82. The Morgan fingerprint density at radius 3 is 3.00 bits per heavy atom. The van der Waals surface area contributed by atoms with Gasteiger partial charge in [0.2, 0.25) is 0 Å². The molecule has 1 aliphatic carbocycles. The minimum absolute atomic E-state index is 0.464. The fraction of sp³-hybridized carbons (Fsp3) is 0.417. The second kappa shape index (κ2) is 3.82. The molecule has 2 nitrogen and oxygen atoms in total. The largest absolute Gasteiger partial charge is 0.399 e. The predicted octanol–water partition coefficient (Wildman–Crippen LogP) is 2.74. The van der Waals surface area contributed by atoms with Crippen LogP contribution in [0.5, 0.6) is 0 Å². The van der Waals surface area contributed by atoms with Gasteiger partial charge in [0, 0.05) is 5.92 Å². The van der Waals surface area contributed by atoms with Gasteiger partial charge in [0.15, 0.2) is 0 Å². The standard InChI is InChI=1S/C12H15NO/c1-9(13-14-2)11-8-7-10-5-3-4-6-12(10)11/h3-6,11H,7-8H2,1-2H3/b13-9-. The monoisotopic (exact) mass is 189 g/mol. The van der Waals surface area contributed by atoms with E-state index in [1.54, 1.807) is 7.11 Å². The summed E-state index contributed by atoms with van der Waals surface area (Å²) in [5, 5.41) is 4.02. The number of hydrogen-bond acceptors (Lipinski definition) is 2. The summed E-state index contributed by atoms with van der Waals surface area (Å²) in [5.41, 5.74) is 3.96. The van der Waals surface area contributed by atoms with Crippen LogP contribution >= 0.6 is 0 Å². The molecule has 0 radical (unpaired) electrons. The zero-order valence-electron chi connectivity index (χ0n) is 8.66. The third-order valence-electron chi connectivity index (χ3n) is 2.87. The molecule has 0 aliphatic heterocycles. The van der Waals surface area contributed by atoms with E-state index >= 15 is 0 Å². The molecule has 1 aliphatic rings. The van der Waals surface area contributed by atoms with E-state index in [-0.39, 0.29) is 0 Å². The Kier molecular flexibility index (Phi) is 2.53. The SMILES string of the molecule is CO/N=C(/C)C1CCc2ccccc21. The molecule has 1 aromatic carbocycles. The summed E-state index contributed by atoms with van der Waals surface area (Å²) in [6.45, 7) is 2.04. The number of nitrogens with zero attached hydrogens (tertiary/aromatic N) is 1. The highest BCUT2D eigenvalue weighted by Crippen LogP contribution is 2.33. The van der Waals surface area contributed by atoms with Crippen molar-refractivity contribution in [2.45, 2.75) is 25.7 Å². The normalized spacial score (nSPS) is 20.7. The highest BCUT2D eigenvalue weighted by atomic mass is 16.6. The minimum Gasteiger partial charge on any atom is -0.399 e. The Labute approximate surface area is 84.6 Å². The fourth-order valence-corrected chi connectivity index (χ4v) is 2.20.